The monoisotopic (exact) mass is 1190 g/mol. The number of nitrogens with zero attached hydrogens (tertiary/aromatic N) is 7. The Morgan fingerprint density at radius 1 is 0.786 bits per heavy atom. The number of ether oxygens (including phenoxy) is 2. The maximum absolute atomic E-state index is 16.0. The van der Waals surface area contributed by atoms with E-state index in [9.17, 15) is 64.5 Å². The van der Waals surface area contributed by atoms with Gasteiger partial charge in [0, 0.05) is 61.1 Å². The lowest BCUT2D eigenvalue weighted by Crippen LogP contribution is -2.63. The summed E-state index contributed by atoms with van der Waals surface area (Å²) < 4.78 is 156. The van der Waals surface area contributed by atoms with E-state index < -0.39 is 115 Å². The Balaban J connectivity index is 1.07. The summed E-state index contributed by atoms with van der Waals surface area (Å²) in [6.07, 6.45) is -13.7. The summed E-state index contributed by atoms with van der Waals surface area (Å²) in [6, 6.07) is 9.86. The molecule has 3 aromatic heterocycles. The lowest BCUT2D eigenvalue weighted by atomic mass is 9.82. The van der Waals surface area contributed by atoms with Crippen LogP contribution in [0.1, 0.15) is 69.5 Å². The molecule has 3 fully saturated rings. The Bertz CT molecular complexity index is 3260. The highest BCUT2D eigenvalue weighted by Gasteiger charge is 2.57. The summed E-state index contributed by atoms with van der Waals surface area (Å²) in [5, 5.41) is 31.2. The number of hydrogen-bond donors (Lipinski definition) is 6. The molecule has 452 valence electrons. The van der Waals surface area contributed by atoms with Crippen LogP contribution in [0.4, 0.5) is 59.3 Å². The SMILES string of the molecule is COC(=O)N[C@H](C(=O)N[C@@H](Cc1ccc(C#Cc2ccc3nc(N4CC5CCC(C4)N5C4COC4)ccc3n2)cc1)[C@@H](O)CN(Cc1c(F)cc(-c2ccn(C(F)F)n2)cc1F)NC(=O)[C@@H](NC(=O)O)C(C)(C)C(F)(F)F)C(C)(C)C(F)(F)F. The first-order valence-electron chi connectivity index (χ1n) is 26.3. The second kappa shape index (κ2) is 24.8. The molecule has 3 aliphatic heterocycles. The van der Waals surface area contributed by atoms with Gasteiger partial charge in [0.25, 0.3) is 5.91 Å². The summed E-state index contributed by atoms with van der Waals surface area (Å²) in [6.45, 7) is -0.176. The average molecular weight is 1190 g/mol. The van der Waals surface area contributed by atoms with Crippen molar-refractivity contribution < 1.29 is 82.8 Å². The van der Waals surface area contributed by atoms with Crippen molar-refractivity contribution in [3.8, 4) is 23.1 Å². The van der Waals surface area contributed by atoms with Crippen LogP contribution in [0.15, 0.2) is 72.9 Å². The minimum absolute atomic E-state index is 0.186. The number of piperazine rings is 1. The zero-order valence-electron chi connectivity index (χ0n) is 45.7. The van der Waals surface area contributed by atoms with Crippen molar-refractivity contribution in [1.82, 2.24) is 51.0 Å². The van der Waals surface area contributed by atoms with Gasteiger partial charge in [-0.3, -0.25) is 19.9 Å². The van der Waals surface area contributed by atoms with Gasteiger partial charge in [0.1, 0.15) is 35.2 Å². The van der Waals surface area contributed by atoms with E-state index in [1.165, 1.54) is 29.6 Å². The maximum atomic E-state index is 16.0. The molecule has 5 aromatic rings. The van der Waals surface area contributed by atoms with E-state index in [-0.39, 0.29) is 21.5 Å². The number of anilines is 1. The van der Waals surface area contributed by atoms with Crippen LogP contribution in [0.25, 0.3) is 22.3 Å². The van der Waals surface area contributed by atoms with Crippen molar-refractivity contribution in [2.45, 2.75) is 115 Å². The topological polar surface area (TPSA) is 229 Å². The zero-order valence-corrected chi connectivity index (χ0v) is 45.7. The second-order valence-corrected chi connectivity index (χ2v) is 21.8. The van der Waals surface area contributed by atoms with Crippen LogP contribution in [0.2, 0.25) is 0 Å². The van der Waals surface area contributed by atoms with Gasteiger partial charge in [-0.1, -0.05) is 18.1 Å². The number of hydrogen-bond acceptors (Lipinski definition) is 13. The standard InChI is InChI=1S/C55H59F10N11O8/c1-52(2,54(60,61)62)45(70-51(82)83-5)47(78)68-42(20-30-8-6-29(7-9-30)10-11-32-12-15-41-40(66-32)16-17-44(67-41)73-23-33-13-14-34(24-73)76(33)35-27-84-28-35)43(77)26-74(72-48(79)46(69-50(80)81)53(3,4)55(63,64)65)25-36-37(56)21-31(22-38(36)57)39-18-19-75(71-39)49(58)59/h6-9,12,15-19,21-22,33-35,42-43,45-46,49,69,77H,13-14,20,23-28H2,1-5H3,(H,68,78)(H,70,82)(H,72,79)(H,80,81)/t33?,34?,42-,43-,45+,46+/m0/s1. The third kappa shape index (κ3) is 13.9. The number of hydrazine groups is 1. The first-order chi connectivity index (χ1) is 39.4. The third-order valence-corrected chi connectivity index (χ3v) is 15.4. The number of alkyl halides is 8. The third-order valence-electron chi connectivity index (χ3n) is 15.4. The number of aliphatic hydroxyl groups is 1. The van der Waals surface area contributed by atoms with Gasteiger partial charge in [-0.15, -0.1) is 0 Å². The van der Waals surface area contributed by atoms with Crippen LogP contribution >= 0.6 is 0 Å². The quantitative estimate of drug-likeness (QED) is 0.0276. The number of nitrogens with one attached hydrogen (secondary N) is 4. The van der Waals surface area contributed by atoms with Crippen molar-refractivity contribution >= 4 is 40.9 Å². The van der Waals surface area contributed by atoms with Gasteiger partial charge in [-0.25, -0.2) is 38.0 Å². The summed E-state index contributed by atoms with van der Waals surface area (Å²) in [4.78, 5) is 66.6. The van der Waals surface area contributed by atoms with Gasteiger partial charge < -0.3 is 40.5 Å². The number of alkyl carbamates (subject to hydrolysis) is 1. The average Bonchev–Trinajstić information content (AvgIpc) is 1.94. The smallest absolute Gasteiger partial charge is 0.407 e. The summed E-state index contributed by atoms with van der Waals surface area (Å²) in [7, 11) is 0.809. The molecule has 0 radical (unpaired) electrons. The van der Waals surface area contributed by atoms with E-state index >= 15 is 8.78 Å². The number of pyridine rings is 2. The fraction of sp³-hybridized carbons (Fsp3) is 0.473. The zero-order chi connectivity index (χ0) is 61.2. The predicted molar refractivity (Wildman–Crippen MR) is 280 cm³/mol. The van der Waals surface area contributed by atoms with Crippen molar-refractivity contribution in [2.75, 3.05) is 44.9 Å². The molecule has 6 N–H and O–H groups in total. The number of carbonyl (C=O) groups is 4. The van der Waals surface area contributed by atoms with Crippen LogP contribution in [-0.2, 0) is 32.0 Å². The molecule has 3 aliphatic rings. The van der Waals surface area contributed by atoms with Gasteiger partial charge in [0.2, 0.25) is 5.91 Å². The Kier molecular flexibility index (Phi) is 18.4. The predicted octanol–water partition coefficient (Wildman–Crippen LogP) is 7.08. The molecule has 6 atom stereocenters. The van der Waals surface area contributed by atoms with Gasteiger partial charge in [-0.05, 0) is 113 Å². The van der Waals surface area contributed by atoms with Crippen molar-refractivity contribution in [3.05, 3.63) is 107 Å². The highest BCUT2D eigenvalue weighted by atomic mass is 19.4. The van der Waals surface area contributed by atoms with E-state index in [0.717, 1.165) is 64.3 Å². The summed E-state index contributed by atoms with van der Waals surface area (Å²) >= 11 is 0. The number of carboxylic acid groups (broad SMARTS) is 1. The largest absolute Gasteiger partial charge is 0.465 e. The van der Waals surface area contributed by atoms with Gasteiger partial charge in [0.15, 0.2) is 0 Å². The lowest BCUT2D eigenvalue weighted by molar-refractivity contribution is -0.221. The molecule has 2 bridgehead atoms. The Hall–Kier alpha value is -7.81. The first kappa shape index (κ1) is 62.2. The molecule has 29 heteroatoms. The first-order valence-corrected chi connectivity index (χ1v) is 26.3. The number of amides is 4. The van der Waals surface area contributed by atoms with Gasteiger partial charge in [-0.2, -0.15) is 40.2 Å². The number of aromatic nitrogens is 4. The minimum Gasteiger partial charge on any atom is -0.465 e. The Morgan fingerprint density at radius 3 is 1.93 bits per heavy atom. The maximum Gasteiger partial charge on any atom is 0.407 e. The number of fused-ring (bicyclic) bond motifs is 3. The minimum atomic E-state index is -5.29. The molecule has 84 heavy (non-hydrogen) atoms. The van der Waals surface area contributed by atoms with Crippen LogP contribution in [0.5, 0.6) is 0 Å². The molecule has 0 saturated carbocycles. The highest BCUT2D eigenvalue weighted by Crippen LogP contribution is 2.42. The summed E-state index contributed by atoms with van der Waals surface area (Å²) in [5.74, 6) is 0.555. The molecular weight excluding hydrogens is 1130 g/mol. The van der Waals surface area contributed by atoms with E-state index in [0.29, 0.717) is 85.3 Å². The highest BCUT2D eigenvalue weighted by molar-refractivity contribution is 5.87. The lowest BCUT2D eigenvalue weighted by Gasteiger charge is -2.48. The van der Waals surface area contributed by atoms with E-state index in [2.05, 4.69) is 41.8 Å². The number of methoxy groups -OCH3 is 1. The molecule has 8 rings (SSSR count). The fourth-order valence-electron chi connectivity index (χ4n) is 10.2. The molecule has 4 amide bonds. The fourth-order valence-corrected chi connectivity index (χ4v) is 10.2. The van der Waals surface area contributed by atoms with Crippen LogP contribution in [0.3, 0.4) is 0 Å². The number of halogens is 10. The van der Waals surface area contributed by atoms with E-state index in [4.69, 9.17) is 9.72 Å². The molecule has 2 unspecified atom stereocenters. The van der Waals surface area contributed by atoms with E-state index in [1.54, 1.807) is 12.1 Å². The number of rotatable bonds is 19. The van der Waals surface area contributed by atoms with Crippen LogP contribution in [-0.4, -0.2) is 159 Å². The van der Waals surface area contributed by atoms with Gasteiger partial charge >= 0.3 is 31.1 Å². The number of benzene rings is 2. The second-order valence-electron chi connectivity index (χ2n) is 21.8. The van der Waals surface area contributed by atoms with Crippen LogP contribution in [0, 0.1) is 34.3 Å². The Morgan fingerprint density at radius 2 is 1.38 bits per heavy atom. The molecule has 0 aliphatic carbocycles. The van der Waals surface area contributed by atoms with Crippen molar-refractivity contribution in [3.63, 3.8) is 0 Å². The normalized spacial score (nSPS) is 18.3. The molecule has 3 saturated heterocycles. The molecule has 2 aromatic carbocycles. The summed E-state index contributed by atoms with van der Waals surface area (Å²) in [5.41, 5.74) is -3.69. The van der Waals surface area contributed by atoms with Crippen molar-refractivity contribution in [1.29, 1.82) is 0 Å². The van der Waals surface area contributed by atoms with Crippen LogP contribution < -0.4 is 26.3 Å². The molecule has 19 nitrogen and oxygen atoms in total. The Labute approximate surface area is 474 Å². The molecule has 6 heterocycles. The van der Waals surface area contributed by atoms with E-state index in [1.807, 2.05) is 22.9 Å². The van der Waals surface area contributed by atoms with Gasteiger partial charge in [0.05, 0.1) is 66.1 Å². The molecular formula is C55H59F10N11O8. The molecule has 0 spiro atoms. The van der Waals surface area contributed by atoms with Crippen molar-refractivity contribution in [2.24, 2.45) is 10.8 Å². The number of aliphatic hydroxyl groups excluding tert-OH is 1. The number of carbonyl (C=O) groups excluding carboxylic acids is 3.